The zero-order chi connectivity index (χ0) is 17.2. The summed E-state index contributed by atoms with van der Waals surface area (Å²) in [6.45, 7) is 2.69. The lowest BCUT2D eigenvalue weighted by Crippen LogP contribution is -2.33. The Labute approximate surface area is 149 Å². The first-order valence-corrected chi connectivity index (χ1v) is 11.2. The smallest absolute Gasteiger partial charge is 0.267 e. The van der Waals surface area contributed by atoms with Crippen molar-refractivity contribution in [2.24, 2.45) is 0 Å². The highest BCUT2D eigenvalue weighted by Crippen LogP contribution is 2.32. The summed E-state index contributed by atoms with van der Waals surface area (Å²) < 4.78 is 29.0. The van der Waals surface area contributed by atoms with Crippen LogP contribution in [-0.4, -0.2) is 47.7 Å². The van der Waals surface area contributed by atoms with Crippen LogP contribution in [0, 0.1) is 0 Å². The van der Waals surface area contributed by atoms with Gasteiger partial charge in [0.2, 0.25) is 0 Å². The summed E-state index contributed by atoms with van der Waals surface area (Å²) in [5.74, 6) is -0.146. The van der Waals surface area contributed by atoms with Gasteiger partial charge < -0.3 is 4.90 Å². The van der Waals surface area contributed by atoms with Crippen LogP contribution in [0.25, 0.3) is 0 Å². The molecule has 130 valence electrons. The van der Waals surface area contributed by atoms with Gasteiger partial charge in [-0.05, 0) is 35.8 Å². The molecule has 1 saturated heterocycles. The summed E-state index contributed by atoms with van der Waals surface area (Å²) in [7, 11) is -3.25. The van der Waals surface area contributed by atoms with Gasteiger partial charge in [-0.2, -0.15) is 0 Å². The van der Waals surface area contributed by atoms with Crippen molar-refractivity contribution in [3.8, 4) is 0 Å². The summed E-state index contributed by atoms with van der Waals surface area (Å²) in [6, 6.07) is 3.72. The van der Waals surface area contributed by atoms with E-state index >= 15 is 0 Å². The Morgan fingerprint density at radius 3 is 2.96 bits per heavy atom. The number of nitrogens with zero attached hydrogens (tertiary/aromatic N) is 3. The van der Waals surface area contributed by atoms with Crippen molar-refractivity contribution in [1.29, 1.82) is 0 Å². The Kier molecular flexibility index (Phi) is 5.31. The van der Waals surface area contributed by atoms with E-state index in [1.54, 1.807) is 4.90 Å². The van der Waals surface area contributed by atoms with Gasteiger partial charge in [0.15, 0.2) is 9.84 Å². The average molecular weight is 386 g/mol. The highest BCUT2D eigenvalue weighted by molar-refractivity contribution is 7.91. The Morgan fingerprint density at radius 2 is 2.25 bits per heavy atom. The second-order valence-electron chi connectivity index (χ2n) is 5.75. The summed E-state index contributed by atoms with van der Waals surface area (Å²) in [5.41, 5.74) is 0.717. The molecule has 3 heterocycles. The molecular weight excluding hydrogens is 366 g/mol. The highest BCUT2D eigenvalue weighted by atomic mass is 32.2. The van der Waals surface area contributed by atoms with Crippen LogP contribution >= 0.6 is 22.9 Å². The third kappa shape index (κ3) is 3.52. The van der Waals surface area contributed by atoms with Crippen LogP contribution in [0.15, 0.2) is 17.5 Å². The standard InChI is InChI=1S/C15H19N3O3S3/c1-2-4-11-14(23-17-16-11)15(19)18-7-6-13(12-5-3-9-22-12)24(20,21)10-8-18/h3,5,9,13H,2,4,6-8,10H2,1H3/t13-/m1/s1. The van der Waals surface area contributed by atoms with Crippen molar-refractivity contribution in [1.82, 2.24) is 14.5 Å². The van der Waals surface area contributed by atoms with E-state index in [9.17, 15) is 13.2 Å². The first-order valence-electron chi connectivity index (χ1n) is 7.88. The van der Waals surface area contributed by atoms with E-state index in [1.807, 2.05) is 24.4 Å². The molecule has 0 aliphatic carbocycles. The van der Waals surface area contributed by atoms with E-state index in [2.05, 4.69) is 9.59 Å². The molecule has 1 fully saturated rings. The first kappa shape index (κ1) is 17.5. The predicted molar refractivity (Wildman–Crippen MR) is 95.3 cm³/mol. The number of carbonyl (C=O) groups excluding carboxylic acids is 1. The molecule has 1 amide bonds. The van der Waals surface area contributed by atoms with Crippen LogP contribution in [0.3, 0.4) is 0 Å². The maximum Gasteiger partial charge on any atom is 0.267 e. The van der Waals surface area contributed by atoms with E-state index in [4.69, 9.17) is 0 Å². The van der Waals surface area contributed by atoms with Crippen LogP contribution in [0.5, 0.6) is 0 Å². The number of thiophene rings is 1. The van der Waals surface area contributed by atoms with Crippen molar-refractivity contribution in [3.63, 3.8) is 0 Å². The van der Waals surface area contributed by atoms with E-state index < -0.39 is 15.1 Å². The second-order valence-corrected chi connectivity index (χ2v) is 9.79. The van der Waals surface area contributed by atoms with Crippen molar-refractivity contribution in [2.75, 3.05) is 18.8 Å². The van der Waals surface area contributed by atoms with Gasteiger partial charge in [-0.15, -0.1) is 16.4 Å². The zero-order valence-electron chi connectivity index (χ0n) is 13.3. The molecule has 9 heteroatoms. The SMILES string of the molecule is CCCc1nnsc1C(=O)N1CC[C@H](c2cccs2)S(=O)(=O)CC1. The maximum atomic E-state index is 12.8. The maximum absolute atomic E-state index is 12.8. The van der Waals surface area contributed by atoms with Gasteiger partial charge >= 0.3 is 0 Å². The lowest BCUT2D eigenvalue weighted by molar-refractivity contribution is 0.0770. The van der Waals surface area contributed by atoms with Crippen molar-refractivity contribution in [3.05, 3.63) is 33.0 Å². The molecule has 0 saturated carbocycles. The number of aryl methyl sites for hydroxylation is 1. The van der Waals surface area contributed by atoms with Gasteiger partial charge in [-0.1, -0.05) is 23.9 Å². The molecule has 0 N–H and O–H groups in total. The number of hydrogen-bond acceptors (Lipinski definition) is 7. The third-order valence-electron chi connectivity index (χ3n) is 4.12. The highest BCUT2D eigenvalue weighted by Gasteiger charge is 2.34. The number of rotatable bonds is 4. The number of sulfone groups is 1. The number of carbonyl (C=O) groups is 1. The quantitative estimate of drug-likeness (QED) is 0.808. The molecule has 3 rings (SSSR count). The van der Waals surface area contributed by atoms with E-state index in [0.717, 1.165) is 28.5 Å². The lowest BCUT2D eigenvalue weighted by atomic mass is 10.2. The molecule has 24 heavy (non-hydrogen) atoms. The monoisotopic (exact) mass is 385 g/mol. The molecule has 2 aromatic rings. The van der Waals surface area contributed by atoms with E-state index in [0.29, 0.717) is 24.3 Å². The zero-order valence-corrected chi connectivity index (χ0v) is 15.8. The fraction of sp³-hybridized carbons (Fsp3) is 0.533. The molecule has 1 aliphatic rings. The minimum Gasteiger partial charge on any atom is -0.337 e. The largest absolute Gasteiger partial charge is 0.337 e. The van der Waals surface area contributed by atoms with Crippen LogP contribution in [0.4, 0.5) is 0 Å². The number of amides is 1. The van der Waals surface area contributed by atoms with Gasteiger partial charge in [0.1, 0.15) is 4.88 Å². The van der Waals surface area contributed by atoms with Crippen molar-refractivity contribution < 1.29 is 13.2 Å². The van der Waals surface area contributed by atoms with Crippen LogP contribution < -0.4 is 0 Å². The minimum absolute atomic E-state index is 0.00332. The first-order chi connectivity index (χ1) is 11.5. The van der Waals surface area contributed by atoms with Gasteiger partial charge in [-0.25, -0.2) is 8.42 Å². The molecule has 0 aromatic carbocycles. The molecule has 2 aromatic heterocycles. The van der Waals surface area contributed by atoms with E-state index in [1.165, 1.54) is 11.3 Å². The fourth-order valence-corrected chi connectivity index (χ4v) is 6.54. The number of aromatic nitrogens is 2. The van der Waals surface area contributed by atoms with Gasteiger partial charge in [-0.3, -0.25) is 4.79 Å². The second kappa shape index (κ2) is 7.28. The summed E-state index contributed by atoms with van der Waals surface area (Å²) in [6.07, 6.45) is 2.03. The van der Waals surface area contributed by atoms with Crippen LogP contribution in [0.1, 0.15) is 45.3 Å². The molecule has 0 bridgehead atoms. The van der Waals surface area contributed by atoms with Gasteiger partial charge in [0.25, 0.3) is 5.91 Å². The summed E-state index contributed by atoms with van der Waals surface area (Å²) in [4.78, 5) is 15.8. The van der Waals surface area contributed by atoms with Crippen molar-refractivity contribution >= 4 is 38.6 Å². The Balaban J connectivity index is 1.80. The lowest BCUT2D eigenvalue weighted by Gasteiger charge is -2.19. The Bertz CT molecular complexity index is 799. The molecule has 6 nitrogen and oxygen atoms in total. The van der Waals surface area contributed by atoms with E-state index in [-0.39, 0.29) is 18.2 Å². The molecule has 0 radical (unpaired) electrons. The molecule has 1 atom stereocenters. The topological polar surface area (TPSA) is 80.2 Å². The van der Waals surface area contributed by atoms with Crippen molar-refractivity contribution in [2.45, 2.75) is 31.4 Å². The van der Waals surface area contributed by atoms with Gasteiger partial charge in [0.05, 0.1) is 16.7 Å². The fourth-order valence-electron chi connectivity index (χ4n) is 2.86. The number of hydrogen-bond donors (Lipinski definition) is 0. The minimum atomic E-state index is -3.25. The average Bonchev–Trinajstić information content (AvgIpc) is 3.19. The van der Waals surface area contributed by atoms with Gasteiger partial charge in [0, 0.05) is 18.0 Å². The van der Waals surface area contributed by atoms with Crippen LogP contribution in [-0.2, 0) is 16.3 Å². The Morgan fingerprint density at radius 1 is 1.42 bits per heavy atom. The molecule has 1 aliphatic heterocycles. The van der Waals surface area contributed by atoms with Crippen LogP contribution in [0.2, 0.25) is 0 Å². The molecule has 0 unspecified atom stereocenters. The predicted octanol–water partition coefficient (Wildman–Crippen LogP) is 2.55. The Hall–Kier alpha value is -1.32. The normalized spacial score (nSPS) is 20.7. The molecule has 0 spiro atoms. The summed E-state index contributed by atoms with van der Waals surface area (Å²) in [5, 5.41) is 5.41. The molecular formula is C15H19N3O3S3. The summed E-state index contributed by atoms with van der Waals surface area (Å²) >= 11 is 2.55. The third-order valence-corrected chi connectivity index (χ3v) is 8.12.